The fourth-order valence-corrected chi connectivity index (χ4v) is 3.45. The van der Waals surface area contributed by atoms with E-state index >= 15 is 0 Å². The molecule has 0 unspecified atom stereocenters. The van der Waals surface area contributed by atoms with Gasteiger partial charge < -0.3 is 9.88 Å². The average Bonchev–Trinajstić information content (AvgIpc) is 3.00. The van der Waals surface area contributed by atoms with Crippen LogP contribution in [0.1, 0.15) is 44.9 Å². The maximum atomic E-state index is 12.9. The van der Waals surface area contributed by atoms with Crippen LogP contribution in [0.4, 0.5) is 0 Å². The molecule has 0 radical (unpaired) electrons. The van der Waals surface area contributed by atoms with Crippen LogP contribution in [0.5, 0.6) is 0 Å². The Kier molecular flexibility index (Phi) is 4.71. The first-order valence-corrected chi connectivity index (χ1v) is 8.44. The number of amides is 1. The topological polar surface area (TPSA) is 66.1 Å². The molecule has 6 heteroatoms. The molecule has 0 bridgehead atoms. The van der Waals surface area contributed by atoms with Crippen molar-refractivity contribution in [2.75, 3.05) is 13.1 Å². The second kappa shape index (κ2) is 6.77. The summed E-state index contributed by atoms with van der Waals surface area (Å²) in [5.74, 6) is -0.207. The van der Waals surface area contributed by atoms with E-state index in [2.05, 4.69) is 9.97 Å². The number of piperidine rings is 1. The van der Waals surface area contributed by atoms with Crippen molar-refractivity contribution >= 4 is 23.3 Å². The lowest BCUT2D eigenvalue weighted by molar-refractivity contribution is 0.0632. The summed E-state index contributed by atoms with van der Waals surface area (Å²) in [5.41, 5.74) is 2.75. The molecule has 1 atom stereocenters. The van der Waals surface area contributed by atoms with E-state index in [0.29, 0.717) is 29.4 Å². The van der Waals surface area contributed by atoms with Gasteiger partial charge in [-0.1, -0.05) is 11.6 Å². The van der Waals surface area contributed by atoms with Gasteiger partial charge in [0, 0.05) is 35.3 Å². The average molecular weight is 346 g/mol. The molecule has 1 fully saturated rings. The van der Waals surface area contributed by atoms with E-state index in [-0.39, 0.29) is 17.6 Å². The minimum absolute atomic E-state index is 0.0837. The molecule has 126 valence electrons. The van der Waals surface area contributed by atoms with Crippen molar-refractivity contribution in [3.63, 3.8) is 0 Å². The first-order chi connectivity index (χ1) is 11.5. The Labute approximate surface area is 146 Å². The number of nitrogens with one attached hydrogen (secondary N) is 1. The van der Waals surface area contributed by atoms with Crippen LogP contribution in [0, 0.1) is 19.8 Å². The Morgan fingerprint density at radius 1 is 1.33 bits per heavy atom. The number of ketones is 1. The number of hydrogen-bond donors (Lipinski definition) is 1. The van der Waals surface area contributed by atoms with E-state index < -0.39 is 0 Å². The Bertz CT molecular complexity index is 784. The van der Waals surface area contributed by atoms with Gasteiger partial charge in [0.25, 0.3) is 5.91 Å². The second-order valence-corrected chi connectivity index (χ2v) is 6.73. The fraction of sp³-hybridized carbons (Fsp3) is 0.389. The van der Waals surface area contributed by atoms with Crippen LogP contribution in [-0.4, -0.2) is 39.6 Å². The highest BCUT2D eigenvalue weighted by molar-refractivity contribution is 6.30. The fourth-order valence-electron chi connectivity index (χ4n) is 3.22. The van der Waals surface area contributed by atoms with Crippen LogP contribution in [0.25, 0.3) is 0 Å². The Balaban J connectivity index is 1.77. The number of benzene rings is 1. The van der Waals surface area contributed by atoms with Crippen LogP contribution in [-0.2, 0) is 0 Å². The summed E-state index contributed by atoms with van der Waals surface area (Å²) in [6.07, 6.45) is 3.13. The lowest BCUT2D eigenvalue weighted by Gasteiger charge is -2.32. The minimum atomic E-state index is -0.179. The maximum Gasteiger partial charge on any atom is 0.274 e. The van der Waals surface area contributed by atoms with Crippen molar-refractivity contribution in [2.45, 2.75) is 26.7 Å². The number of aryl methyl sites for hydroxylation is 2. The monoisotopic (exact) mass is 345 g/mol. The van der Waals surface area contributed by atoms with Gasteiger partial charge in [-0.3, -0.25) is 9.59 Å². The Hall–Kier alpha value is -2.14. The van der Waals surface area contributed by atoms with Gasteiger partial charge in [0.05, 0.1) is 6.33 Å². The summed E-state index contributed by atoms with van der Waals surface area (Å²) in [5, 5.41) is 0.624. The standard InChI is InChI=1S/C18H20ClN3O2/c1-11-8-14(19)5-6-15(11)17(23)13-4-3-7-22(9-13)18(24)16-12(2)20-10-21-16/h5-6,8,10,13H,3-4,7,9H2,1-2H3,(H,20,21)/t13-/m0/s1. The van der Waals surface area contributed by atoms with Gasteiger partial charge in [0.2, 0.25) is 0 Å². The highest BCUT2D eigenvalue weighted by Gasteiger charge is 2.31. The van der Waals surface area contributed by atoms with Crippen molar-refractivity contribution in [2.24, 2.45) is 5.92 Å². The normalized spacial score (nSPS) is 17.8. The number of H-pyrrole nitrogens is 1. The molecule has 5 nitrogen and oxygen atoms in total. The zero-order valence-corrected chi connectivity index (χ0v) is 14.6. The quantitative estimate of drug-likeness (QED) is 0.867. The third kappa shape index (κ3) is 3.22. The van der Waals surface area contributed by atoms with E-state index in [0.717, 1.165) is 24.1 Å². The summed E-state index contributed by atoms with van der Waals surface area (Å²) in [6, 6.07) is 5.31. The maximum absolute atomic E-state index is 12.9. The van der Waals surface area contributed by atoms with E-state index in [9.17, 15) is 9.59 Å². The smallest absolute Gasteiger partial charge is 0.274 e. The number of aromatic amines is 1. The van der Waals surface area contributed by atoms with Crippen LogP contribution in [0.3, 0.4) is 0 Å². The predicted octanol–water partition coefficient (Wildman–Crippen LogP) is 3.42. The van der Waals surface area contributed by atoms with Gasteiger partial charge >= 0.3 is 0 Å². The van der Waals surface area contributed by atoms with Crippen LogP contribution >= 0.6 is 11.6 Å². The number of carbonyl (C=O) groups is 2. The Morgan fingerprint density at radius 3 is 2.79 bits per heavy atom. The second-order valence-electron chi connectivity index (χ2n) is 6.29. The first-order valence-electron chi connectivity index (χ1n) is 8.07. The predicted molar refractivity (Wildman–Crippen MR) is 92.5 cm³/mol. The third-order valence-corrected chi connectivity index (χ3v) is 4.80. The SMILES string of the molecule is Cc1cc(Cl)ccc1C(=O)[C@H]1CCCN(C(=O)c2nc[nH]c2C)C1. The van der Waals surface area contributed by atoms with E-state index in [1.807, 2.05) is 13.8 Å². The number of likely N-dealkylation sites (tertiary alicyclic amines) is 1. The Morgan fingerprint density at radius 2 is 2.12 bits per heavy atom. The van der Waals surface area contributed by atoms with Gasteiger partial charge in [0.15, 0.2) is 5.78 Å². The number of halogens is 1. The van der Waals surface area contributed by atoms with Crippen molar-refractivity contribution in [1.29, 1.82) is 0 Å². The molecular weight excluding hydrogens is 326 g/mol. The molecule has 1 aliphatic heterocycles. The largest absolute Gasteiger partial charge is 0.348 e. The summed E-state index contributed by atoms with van der Waals surface area (Å²) in [7, 11) is 0. The first kappa shape index (κ1) is 16.7. The molecular formula is C18H20ClN3O2. The summed E-state index contributed by atoms with van der Waals surface area (Å²) in [6.45, 7) is 4.81. The molecule has 0 spiro atoms. The number of Topliss-reactive ketones (excluding diaryl/α,β-unsaturated/α-hetero) is 1. The van der Waals surface area contributed by atoms with Crippen molar-refractivity contribution in [3.05, 3.63) is 52.1 Å². The minimum Gasteiger partial charge on any atom is -0.348 e. The molecule has 1 N–H and O–H groups in total. The van der Waals surface area contributed by atoms with E-state index in [1.54, 1.807) is 23.1 Å². The zero-order chi connectivity index (χ0) is 17.3. The van der Waals surface area contributed by atoms with Crippen molar-refractivity contribution < 1.29 is 9.59 Å². The molecule has 0 saturated carbocycles. The molecule has 1 aliphatic rings. The molecule has 3 rings (SSSR count). The molecule has 1 amide bonds. The highest BCUT2D eigenvalue weighted by atomic mass is 35.5. The summed E-state index contributed by atoms with van der Waals surface area (Å²) in [4.78, 5) is 34.2. The zero-order valence-electron chi connectivity index (χ0n) is 13.8. The number of rotatable bonds is 3. The van der Waals surface area contributed by atoms with E-state index in [1.165, 1.54) is 6.33 Å². The van der Waals surface area contributed by atoms with Crippen LogP contribution in [0.15, 0.2) is 24.5 Å². The number of nitrogens with zero attached hydrogens (tertiary/aromatic N) is 2. The number of aromatic nitrogens is 2. The molecule has 0 aliphatic carbocycles. The van der Waals surface area contributed by atoms with Gasteiger partial charge in [-0.05, 0) is 50.5 Å². The third-order valence-electron chi connectivity index (χ3n) is 4.57. The van der Waals surface area contributed by atoms with Gasteiger partial charge in [-0.25, -0.2) is 4.98 Å². The molecule has 1 saturated heterocycles. The van der Waals surface area contributed by atoms with Gasteiger partial charge in [0.1, 0.15) is 5.69 Å². The number of hydrogen-bond acceptors (Lipinski definition) is 3. The molecule has 2 heterocycles. The highest BCUT2D eigenvalue weighted by Crippen LogP contribution is 2.25. The van der Waals surface area contributed by atoms with Crippen LogP contribution in [0.2, 0.25) is 5.02 Å². The number of imidazole rings is 1. The molecule has 1 aromatic carbocycles. The van der Waals surface area contributed by atoms with Crippen molar-refractivity contribution in [3.8, 4) is 0 Å². The molecule has 2 aromatic rings. The lowest BCUT2D eigenvalue weighted by Crippen LogP contribution is -2.42. The molecule has 24 heavy (non-hydrogen) atoms. The van der Waals surface area contributed by atoms with Gasteiger partial charge in [-0.2, -0.15) is 0 Å². The lowest BCUT2D eigenvalue weighted by atomic mass is 9.88. The van der Waals surface area contributed by atoms with Gasteiger partial charge in [-0.15, -0.1) is 0 Å². The summed E-state index contributed by atoms with van der Waals surface area (Å²) < 4.78 is 0. The van der Waals surface area contributed by atoms with E-state index in [4.69, 9.17) is 11.6 Å². The van der Waals surface area contributed by atoms with Crippen LogP contribution < -0.4 is 0 Å². The summed E-state index contributed by atoms with van der Waals surface area (Å²) >= 11 is 5.97. The number of carbonyl (C=O) groups excluding carboxylic acids is 2. The van der Waals surface area contributed by atoms with Crippen molar-refractivity contribution in [1.82, 2.24) is 14.9 Å². The molecule has 1 aromatic heterocycles.